The van der Waals surface area contributed by atoms with Crippen molar-refractivity contribution in [2.75, 3.05) is 20.8 Å². The van der Waals surface area contributed by atoms with E-state index in [9.17, 15) is 0 Å². The quantitative estimate of drug-likeness (QED) is 0.824. The zero-order valence-corrected chi connectivity index (χ0v) is 12.8. The topological polar surface area (TPSA) is 74.1 Å². The van der Waals surface area contributed by atoms with Gasteiger partial charge in [0.15, 0.2) is 5.82 Å². The molecule has 0 amide bonds. The van der Waals surface area contributed by atoms with Crippen LogP contribution in [-0.4, -0.2) is 41.0 Å². The number of likely N-dealkylation sites (N-methyl/N-ethyl adjacent to an activating group) is 1. The third kappa shape index (κ3) is 3.49. The number of benzene rings is 1. The van der Waals surface area contributed by atoms with E-state index in [0.29, 0.717) is 12.2 Å². The van der Waals surface area contributed by atoms with E-state index >= 15 is 0 Å². The molecule has 2 aromatic rings. The summed E-state index contributed by atoms with van der Waals surface area (Å²) in [5, 5.41) is 15.6. The molecular formula is C14H21N5O2. The summed E-state index contributed by atoms with van der Waals surface area (Å²) in [5.41, 5.74) is 0.969. The molecule has 1 aromatic heterocycles. The van der Waals surface area contributed by atoms with Crippen molar-refractivity contribution < 1.29 is 9.47 Å². The van der Waals surface area contributed by atoms with Crippen LogP contribution < -0.4 is 14.8 Å². The fourth-order valence-electron chi connectivity index (χ4n) is 2.33. The van der Waals surface area contributed by atoms with Gasteiger partial charge in [-0.2, -0.15) is 4.80 Å². The molecule has 114 valence electrons. The number of hydrogen-bond donors (Lipinski definition) is 1. The molecule has 0 saturated heterocycles. The van der Waals surface area contributed by atoms with Crippen LogP contribution in [0.5, 0.6) is 11.5 Å². The van der Waals surface area contributed by atoms with Gasteiger partial charge in [-0.1, -0.05) is 13.0 Å². The SMILES string of the molecule is CCNC(Cc1nnn(C)n1)c1c(OC)cccc1OC. The lowest BCUT2D eigenvalue weighted by Gasteiger charge is -2.22. The fourth-order valence-corrected chi connectivity index (χ4v) is 2.33. The molecule has 1 heterocycles. The second kappa shape index (κ2) is 7.03. The summed E-state index contributed by atoms with van der Waals surface area (Å²) in [6.07, 6.45) is 0.610. The summed E-state index contributed by atoms with van der Waals surface area (Å²) in [6, 6.07) is 5.74. The Morgan fingerprint density at radius 2 is 1.90 bits per heavy atom. The predicted octanol–water partition coefficient (Wildman–Crippen LogP) is 1.12. The molecule has 0 spiro atoms. The van der Waals surface area contributed by atoms with Crippen LogP contribution in [0, 0.1) is 0 Å². The molecule has 0 fully saturated rings. The van der Waals surface area contributed by atoms with Gasteiger partial charge in [-0.25, -0.2) is 0 Å². The van der Waals surface area contributed by atoms with E-state index in [2.05, 4.69) is 27.7 Å². The molecule has 0 aliphatic rings. The lowest BCUT2D eigenvalue weighted by atomic mass is 10.0. The number of aromatic nitrogens is 4. The largest absolute Gasteiger partial charge is 0.496 e. The average molecular weight is 291 g/mol. The van der Waals surface area contributed by atoms with Gasteiger partial charge < -0.3 is 14.8 Å². The highest BCUT2D eigenvalue weighted by atomic mass is 16.5. The number of nitrogens with one attached hydrogen (secondary N) is 1. The van der Waals surface area contributed by atoms with Gasteiger partial charge in [-0.15, -0.1) is 10.2 Å². The van der Waals surface area contributed by atoms with E-state index in [1.165, 1.54) is 4.80 Å². The van der Waals surface area contributed by atoms with Gasteiger partial charge in [-0.3, -0.25) is 0 Å². The van der Waals surface area contributed by atoms with Crippen molar-refractivity contribution in [3.8, 4) is 11.5 Å². The number of nitrogens with zero attached hydrogens (tertiary/aromatic N) is 4. The molecule has 21 heavy (non-hydrogen) atoms. The Hall–Kier alpha value is -2.15. The van der Waals surface area contributed by atoms with E-state index in [1.54, 1.807) is 21.3 Å². The average Bonchev–Trinajstić information content (AvgIpc) is 2.91. The number of hydrogen-bond acceptors (Lipinski definition) is 6. The van der Waals surface area contributed by atoms with Crippen LogP contribution in [0.1, 0.15) is 24.4 Å². The highest BCUT2D eigenvalue weighted by Gasteiger charge is 2.22. The number of tetrazole rings is 1. The highest BCUT2D eigenvalue weighted by Crippen LogP contribution is 2.35. The Morgan fingerprint density at radius 1 is 1.24 bits per heavy atom. The molecular weight excluding hydrogens is 270 g/mol. The summed E-state index contributed by atoms with van der Waals surface area (Å²) in [6.45, 7) is 2.87. The zero-order valence-electron chi connectivity index (χ0n) is 12.8. The van der Waals surface area contributed by atoms with Crippen LogP contribution in [0.4, 0.5) is 0 Å². The molecule has 0 radical (unpaired) electrons. The monoisotopic (exact) mass is 291 g/mol. The van der Waals surface area contributed by atoms with Gasteiger partial charge in [0.05, 0.1) is 26.8 Å². The summed E-state index contributed by atoms with van der Waals surface area (Å²) in [4.78, 5) is 1.46. The van der Waals surface area contributed by atoms with Crippen LogP contribution in [0.25, 0.3) is 0 Å². The third-order valence-corrected chi connectivity index (χ3v) is 3.20. The van der Waals surface area contributed by atoms with Gasteiger partial charge in [0.25, 0.3) is 0 Å². The number of ether oxygens (including phenoxy) is 2. The molecule has 1 N–H and O–H groups in total. The van der Waals surface area contributed by atoms with Gasteiger partial charge in [0, 0.05) is 12.5 Å². The van der Waals surface area contributed by atoms with E-state index in [1.807, 2.05) is 18.2 Å². The van der Waals surface area contributed by atoms with Crippen molar-refractivity contribution in [3.05, 3.63) is 29.6 Å². The van der Waals surface area contributed by atoms with Crippen molar-refractivity contribution in [1.29, 1.82) is 0 Å². The number of rotatable bonds is 7. The maximum atomic E-state index is 5.48. The first kappa shape index (κ1) is 15.2. The molecule has 1 unspecified atom stereocenters. The first-order valence-electron chi connectivity index (χ1n) is 6.86. The zero-order chi connectivity index (χ0) is 15.2. The van der Waals surface area contributed by atoms with Crippen LogP contribution in [0.15, 0.2) is 18.2 Å². The molecule has 0 aliphatic heterocycles. The highest BCUT2D eigenvalue weighted by molar-refractivity contribution is 5.47. The summed E-state index contributed by atoms with van der Waals surface area (Å²) in [5.74, 6) is 2.24. The Kier molecular flexibility index (Phi) is 5.10. The normalized spacial score (nSPS) is 12.2. The minimum Gasteiger partial charge on any atom is -0.496 e. The van der Waals surface area contributed by atoms with Crippen LogP contribution in [0.3, 0.4) is 0 Å². The van der Waals surface area contributed by atoms with Gasteiger partial charge in [-0.05, 0) is 23.9 Å². The standard InChI is InChI=1S/C14H21N5O2/c1-5-15-10(9-13-16-18-19(2)17-13)14-11(20-3)7-6-8-12(14)21-4/h6-8,10,15H,5,9H2,1-4H3. The molecule has 7 nitrogen and oxygen atoms in total. The molecule has 1 aromatic carbocycles. The fraction of sp³-hybridized carbons (Fsp3) is 0.500. The van der Waals surface area contributed by atoms with Crippen molar-refractivity contribution in [3.63, 3.8) is 0 Å². The Morgan fingerprint density at radius 3 is 2.38 bits per heavy atom. The van der Waals surface area contributed by atoms with Crippen LogP contribution in [0.2, 0.25) is 0 Å². The Balaban J connectivity index is 2.37. The maximum absolute atomic E-state index is 5.48. The van der Waals surface area contributed by atoms with Gasteiger partial charge in [0.2, 0.25) is 0 Å². The van der Waals surface area contributed by atoms with Gasteiger partial charge in [0.1, 0.15) is 11.5 Å². The van der Waals surface area contributed by atoms with Crippen molar-refractivity contribution >= 4 is 0 Å². The van der Waals surface area contributed by atoms with E-state index in [0.717, 1.165) is 23.6 Å². The van der Waals surface area contributed by atoms with E-state index in [4.69, 9.17) is 9.47 Å². The van der Waals surface area contributed by atoms with E-state index in [-0.39, 0.29) is 6.04 Å². The van der Waals surface area contributed by atoms with Crippen molar-refractivity contribution in [2.45, 2.75) is 19.4 Å². The number of methoxy groups -OCH3 is 2. The first-order valence-corrected chi connectivity index (χ1v) is 6.86. The Bertz CT molecular complexity index is 562. The third-order valence-electron chi connectivity index (χ3n) is 3.20. The van der Waals surface area contributed by atoms with Gasteiger partial charge >= 0.3 is 0 Å². The smallest absolute Gasteiger partial charge is 0.176 e. The minimum absolute atomic E-state index is 0.00898. The second-order valence-corrected chi connectivity index (χ2v) is 4.59. The lowest BCUT2D eigenvalue weighted by Crippen LogP contribution is -2.24. The van der Waals surface area contributed by atoms with Crippen molar-refractivity contribution in [2.24, 2.45) is 7.05 Å². The molecule has 1 atom stereocenters. The van der Waals surface area contributed by atoms with E-state index < -0.39 is 0 Å². The van der Waals surface area contributed by atoms with Crippen molar-refractivity contribution in [1.82, 2.24) is 25.5 Å². The summed E-state index contributed by atoms with van der Waals surface area (Å²) < 4.78 is 11.0. The minimum atomic E-state index is -0.00898. The molecule has 7 heteroatoms. The predicted molar refractivity (Wildman–Crippen MR) is 78.5 cm³/mol. The Labute approximate surface area is 124 Å². The second-order valence-electron chi connectivity index (χ2n) is 4.59. The first-order chi connectivity index (χ1) is 10.2. The van der Waals surface area contributed by atoms with Crippen LogP contribution in [-0.2, 0) is 13.5 Å². The van der Waals surface area contributed by atoms with Crippen LogP contribution >= 0.6 is 0 Å². The molecule has 0 bridgehead atoms. The molecule has 0 saturated carbocycles. The summed E-state index contributed by atoms with van der Waals surface area (Å²) >= 11 is 0. The molecule has 0 aliphatic carbocycles. The summed E-state index contributed by atoms with van der Waals surface area (Å²) in [7, 11) is 5.06. The molecule has 2 rings (SSSR count). The lowest BCUT2D eigenvalue weighted by molar-refractivity contribution is 0.369. The number of aryl methyl sites for hydroxylation is 1. The maximum Gasteiger partial charge on any atom is 0.176 e.